The minimum absolute atomic E-state index is 0.218. The van der Waals surface area contributed by atoms with Gasteiger partial charge in [-0.25, -0.2) is 0 Å². The van der Waals surface area contributed by atoms with Crippen LogP contribution in [-0.2, 0) is 9.59 Å². The first-order valence-electron chi connectivity index (χ1n) is 6.64. The van der Waals surface area contributed by atoms with Gasteiger partial charge in [0.15, 0.2) is 0 Å². The molecule has 1 fully saturated rings. The number of nitrogens with zero attached hydrogens (tertiary/aromatic N) is 1. The van der Waals surface area contributed by atoms with E-state index in [2.05, 4.69) is 0 Å². The molecular formula is C16H10NO3S3-. The van der Waals surface area contributed by atoms with Crippen molar-refractivity contribution in [2.45, 2.75) is 6.04 Å². The van der Waals surface area contributed by atoms with Crippen LogP contribution in [0.5, 0.6) is 0 Å². The molecule has 1 aromatic heterocycles. The Labute approximate surface area is 146 Å². The second-order valence-electron chi connectivity index (χ2n) is 4.70. The molecule has 0 bridgehead atoms. The number of thioether (sulfide) groups is 1. The van der Waals surface area contributed by atoms with E-state index in [9.17, 15) is 14.7 Å². The lowest BCUT2D eigenvalue weighted by Gasteiger charge is -2.27. The molecular weight excluding hydrogens is 350 g/mol. The third kappa shape index (κ3) is 3.21. The molecule has 0 spiro atoms. The molecule has 23 heavy (non-hydrogen) atoms. The summed E-state index contributed by atoms with van der Waals surface area (Å²) in [5, 5.41) is 13.5. The third-order valence-corrected chi connectivity index (χ3v) is 5.39. The van der Waals surface area contributed by atoms with Crippen LogP contribution in [0.3, 0.4) is 0 Å². The van der Waals surface area contributed by atoms with E-state index in [1.807, 2.05) is 17.5 Å². The second kappa shape index (κ2) is 6.66. The molecule has 0 aliphatic carbocycles. The first kappa shape index (κ1) is 15.9. The number of amides is 1. The topological polar surface area (TPSA) is 60.4 Å². The van der Waals surface area contributed by atoms with Crippen LogP contribution >= 0.6 is 35.3 Å². The highest BCUT2D eigenvalue weighted by Gasteiger charge is 2.38. The van der Waals surface area contributed by atoms with Gasteiger partial charge in [0.1, 0.15) is 10.4 Å². The Morgan fingerprint density at radius 3 is 2.57 bits per heavy atom. The molecule has 1 aromatic carbocycles. The highest BCUT2D eigenvalue weighted by Crippen LogP contribution is 2.38. The molecule has 0 N–H and O–H groups in total. The van der Waals surface area contributed by atoms with Gasteiger partial charge in [-0.3, -0.25) is 9.69 Å². The lowest BCUT2D eigenvalue weighted by molar-refractivity contribution is -0.310. The fourth-order valence-electron chi connectivity index (χ4n) is 2.23. The van der Waals surface area contributed by atoms with Crippen LogP contribution in [0, 0.1) is 0 Å². The van der Waals surface area contributed by atoms with E-state index in [0.29, 0.717) is 10.5 Å². The number of benzene rings is 1. The number of carbonyl (C=O) groups is 2. The number of hydrogen-bond acceptors (Lipinski definition) is 6. The Kier molecular flexibility index (Phi) is 4.61. The van der Waals surface area contributed by atoms with Crippen molar-refractivity contribution in [3.63, 3.8) is 0 Å². The van der Waals surface area contributed by atoms with E-state index in [0.717, 1.165) is 21.5 Å². The van der Waals surface area contributed by atoms with Crippen LogP contribution in [0.2, 0.25) is 0 Å². The monoisotopic (exact) mass is 360 g/mol. The standard InChI is InChI=1S/C16H11NO3S3/c18-14-12(9-11-7-4-8-22-11)23-16(21)17(14)13(15(19)20)10-5-2-1-3-6-10/h1-9,13H,(H,19,20)/p-1/b12-9+/t13-/m1/s1. The zero-order chi connectivity index (χ0) is 16.4. The van der Waals surface area contributed by atoms with E-state index >= 15 is 0 Å². The molecule has 1 aliphatic heterocycles. The molecule has 0 unspecified atom stereocenters. The molecule has 1 amide bonds. The fraction of sp³-hybridized carbons (Fsp3) is 0.0625. The first-order chi connectivity index (χ1) is 11.1. The molecule has 7 heteroatoms. The van der Waals surface area contributed by atoms with Crippen LogP contribution in [0.4, 0.5) is 0 Å². The van der Waals surface area contributed by atoms with Crippen LogP contribution in [0.1, 0.15) is 16.5 Å². The van der Waals surface area contributed by atoms with E-state index < -0.39 is 17.9 Å². The van der Waals surface area contributed by atoms with E-state index in [4.69, 9.17) is 12.2 Å². The number of aliphatic carboxylic acids is 1. The van der Waals surface area contributed by atoms with Gasteiger partial charge in [-0.05, 0) is 23.1 Å². The zero-order valence-electron chi connectivity index (χ0n) is 11.7. The summed E-state index contributed by atoms with van der Waals surface area (Å²) in [5.74, 6) is -1.77. The maximum absolute atomic E-state index is 12.6. The van der Waals surface area contributed by atoms with Gasteiger partial charge in [0.25, 0.3) is 5.91 Å². The summed E-state index contributed by atoms with van der Waals surface area (Å²) in [6, 6.07) is 11.0. The van der Waals surface area contributed by atoms with Crippen molar-refractivity contribution in [2.75, 3.05) is 0 Å². The summed E-state index contributed by atoms with van der Waals surface area (Å²) in [5.41, 5.74) is 0.459. The van der Waals surface area contributed by atoms with Gasteiger partial charge in [-0.2, -0.15) is 0 Å². The number of rotatable bonds is 4. The molecule has 1 atom stereocenters. The summed E-state index contributed by atoms with van der Waals surface area (Å²) < 4.78 is 0.218. The maximum atomic E-state index is 12.6. The maximum Gasteiger partial charge on any atom is 0.267 e. The fourth-order valence-corrected chi connectivity index (χ4v) is 4.27. The lowest BCUT2D eigenvalue weighted by atomic mass is 10.1. The van der Waals surface area contributed by atoms with Crippen molar-refractivity contribution in [1.29, 1.82) is 0 Å². The molecule has 0 saturated carbocycles. The summed E-state index contributed by atoms with van der Waals surface area (Å²) in [4.78, 5) is 26.7. The molecule has 2 heterocycles. The van der Waals surface area contributed by atoms with Gasteiger partial charge in [-0.1, -0.05) is 60.4 Å². The summed E-state index contributed by atoms with van der Waals surface area (Å²) in [6.45, 7) is 0. The number of carbonyl (C=O) groups excluding carboxylic acids is 2. The number of thiophene rings is 1. The van der Waals surface area contributed by atoms with Crippen molar-refractivity contribution in [3.8, 4) is 0 Å². The lowest BCUT2D eigenvalue weighted by Crippen LogP contribution is -2.43. The highest BCUT2D eigenvalue weighted by atomic mass is 32.2. The van der Waals surface area contributed by atoms with Crippen LogP contribution in [0.15, 0.2) is 52.7 Å². The molecule has 116 valence electrons. The first-order valence-corrected chi connectivity index (χ1v) is 8.75. The van der Waals surface area contributed by atoms with Crippen molar-refractivity contribution >= 4 is 57.6 Å². The summed E-state index contributed by atoms with van der Waals surface area (Å²) in [6.07, 6.45) is 1.72. The van der Waals surface area contributed by atoms with E-state index in [1.54, 1.807) is 36.4 Å². The molecule has 2 aromatic rings. The molecule has 1 aliphatic rings. The Hall–Kier alpha value is -1.96. The second-order valence-corrected chi connectivity index (χ2v) is 7.35. The van der Waals surface area contributed by atoms with Gasteiger partial charge >= 0.3 is 0 Å². The van der Waals surface area contributed by atoms with Gasteiger partial charge in [0.2, 0.25) is 0 Å². The third-order valence-electron chi connectivity index (χ3n) is 3.24. The predicted molar refractivity (Wildman–Crippen MR) is 93.5 cm³/mol. The summed E-state index contributed by atoms with van der Waals surface area (Å²) in [7, 11) is 0. The molecule has 4 nitrogen and oxygen atoms in total. The molecule has 3 rings (SSSR count). The minimum atomic E-state index is -1.36. The van der Waals surface area contributed by atoms with Gasteiger partial charge in [0.05, 0.1) is 10.9 Å². The Bertz CT molecular complexity index is 784. The Balaban J connectivity index is 1.97. The van der Waals surface area contributed by atoms with Gasteiger partial charge < -0.3 is 9.90 Å². The van der Waals surface area contributed by atoms with Crippen molar-refractivity contribution < 1.29 is 14.7 Å². The normalized spacial score (nSPS) is 17.7. The predicted octanol–water partition coefficient (Wildman–Crippen LogP) is 2.44. The molecule has 1 saturated heterocycles. The summed E-state index contributed by atoms with van der Waals surface area (Å²) >= 11 is 7.82. The SMILES string of the molecule is O=C([O-])[C@@H](c1ccccc1)N1C(=O)/C(=C\c2cccs2)SC1=S. The smallest absolute Gasteiger partial charge is 0.267 e. The van der Waals surface area contributed by atoms with Crippen LogP contribution < -0.4 is 5.11 Å². The van der Waals surface area contributed by atoms with Crippen molar-refractivity contribution in [3.05, 3.63) is 63.2 Å². The number of hydrogen-bond donors (Lipinski definition) is 0. The number of carboxylic acid groups (broad SMARTS) is 1. The van der Waals surface area contributed by atoms with Gasteiger partial charge in [-0.15, -0.1) is 11.3 Å². The van der Waals surface area contributed by atoms with E-state index in [1.165, 1.54) is 11.3 Å². The highest BCUT2D eigenvalue weighted by molar-refractivity contribution is 8.26. The number of thiocarbonyl (C=S) groups is 1. The van der Waals surface area contributed by atoms with Crippen LogP contribution in [0.25, 0.3) is 6.08 Å². The van der Waals surface area contributed by atoms with E-state index in [-0.39, 0.29) is 4.32 Å². The number of carboxylic acids is 1. The average Bonchev–Trinajstić information content (AvgIpc) is 3.12. The minimum Gasteiger partial charge on any atom is -0.547 e. The van der Waals surface area contributed by atoms with Crippen LogP contribution in [-0.4, -0.2) is 21.1 Å². The van der Waals surface area contributed by atoms with Crippen molar-refractivity contribution in [1.82, 2.24) is 4.90 Å². The Morgan fingerprint density at radius 1 is 1.22 bits per heavy atom. The van der Waals surface area contributed by atoms with Crippen molar-refractivity contribution in [2.24, 2.45) is 0 Å². The Morgan fingerprint density at radius 2 is 1.96 bits per heavy atom. The van der Waals surface area contributed by atoms with Gasteiger partial charge in [0, 0.05) is 4.88 Å². The average molecular weight is 360 g/mol. The zero-order valence-corrected chi connectivity index (χ0v) is 14.1. The quantitative estimate of drug-likeness (QED) is 0.619. The molecule has 0 radical (unpaired) electrons. The largest absolute Gasteiger partial charge is 0.547 e.